The molecule has 1 fully saturated rings. The van der Waals surface area contributed by atoms with E-state index in [1.807, 2.05) is 11.8 Å². The zero-order chi connectivity index (χ0) is 17.4. The number of halogens is 1. The summed E-state index contributed by atoms with van der Waals surface area (Å²) >= 11 is 3.62. The Kier molecular flexibility index (Phi) is 10.5. The van der Waals surface area contributed by atoms with Gasteiger partial charge in [-0.05, 0) is 39.9 Å². The number of thioether (sulfide) groups is 1. The minimum absolute atomic E-state index is 0. The molecule has 1 aromatic rings. The van der Waals surface area contributed by atoms with Gasteiger partial charge in [0.15, 0.2) is 11.1 Å². The summed E-state index contributed by atoms with van der Waals surface area (Å²) in [6, 6.07) is 0. The molecule has 8 heteroatoms. The highest BCUT2D eigenvalue weighted by Gasteiger charge is 2.16. The van der Waals surface area contributed by atoms with Gasteiger partial charge in [-0.25, -0.2) is 4.98 Å². The van der Waals surface area contributed by atoms with Crippen molar-refractivity contribution in [1.82, 2.24) is 15.6 Å². The summed E-state index contributed by atoms with van der Waals surface area (Å²) in [6.07, 6.45) is 5.66. The molecule has 2 rings (SSSR count). The van der Waals surface area contributed by atoms with Crippen molar-refractivity contribution >= 4 is 58.2 Å². The molecule has 1 saturated heterocycles. The first kappa shape index (κ1) is 22.8. The van der Waals surface area contributed by atoms with Crippen LogP contribution in [0.3, 0.4) is 0 Å². The fourth-order valence-corrected chi connectivity index (χ4v) is 3.56. The number of hydrogen-bond acceptors (Lipinski definition) is 5. The highest BCUT2D eigenvalue weighted by Crippen LogP contribution is 2.24. The molecule has 0 unspecified atom stereocenters. The van der Waals surface area contributed by atoms with Gasteiger partial charge in [-0.2, -0.15) is 11.8 Å². The van der Waals surface area contributed by atoms with E-state index in [9.17, 15) is 0 Å². The van der Waals surface area contributed by atoms with Gasteiger partial charge in [0.05, 0.1) is 12.2 Å². The number of anilines is 1. The Balaban J connectivity index is 0.00000312. The van der Waals surface area contributed by atoms with Gasteiger partial charge in [0.2, 0.25) is 0 Å². The van der Waals surface area contributed by atoms with E-state index in [1.54, 1.807) is 11.3 Å². The van der Waals surface area contributed by atoms with E-state index in [0.717, 1.165) is 45.1 Å². The third-order valence-electron chi connectivity index (χ3n) is 4.10. The molecule has 0 spiro atoms. The van der Waals surface area contributed by atoms with Gasteiger partial charge in [0, 0.05) is 42.7 Å². The van der Waals surface area contributed by atoms with E-state index in [2.05, 4.69) is 47.9 Å². The second-order valence-electron chi connectivity index (χ2n) is 6.65. The summed E-state index contributed by atoms with van der Waals surface area (Å²) in [5.41, 5.74) is 1.18. The van der Waals surface area contributed by atoms with Crippen molar-refractivity contribution in [1.29, 1.82) is 0 Å². The molecule has 0 radical (unpaired) electrons. The Morgan fingerprint density at radius 2 is 2.08 bits per heavy atom. The first-order valence-corrected chi connectivity index (χ1v) is 10.9. The minimum Gasteiger partial charge on any atom is -0.357 e. The number of guanidine groups is 1. The summed E-state index contributed by atoms with van der Waals surface area (Å²) in [5.74, 6) is 0.898. The Labute approximate surface area is 177 Å². The molecule has 1 aliphatic heterocycles. The van der Waals surface area contributed by atoms with Gasteiger partial charge in [-0.3, -0.25) is 4.99 Å². The Morgan fingerprint density at radius 3 is 2.72 bits per heavy atom. The van der Waals surface area contributed by atoms with E-state index < -0.39 is 0 Å². The standard InChI is InChI=1S/C17H31N5S2.HI/c1-5-18-15(20-13-17(2,3)23-4)19-9-8-14-12-24-16(21-14)22-10-6-7-11-22;/h12H,5-11,13H2,1-4H3,(H2,18,19,20);1H. The monoisotopic (exact) mass is 497 g/mol. The summed E-state index contributed by atoms with van der Waals surface area (Å²) in [5, 5.41) is 10.1. The summed E-state index contributed by atoms with van der Waals surface area (Å²) in [4.78, 5) is 11.9. The van der Waals surface area contributed by atoms with Crippen molar-refractivity contribution in [2.24, 2.45) is 4.99 Å². The van der Waals surface area contributed by atoms with Crippen LogP contribution in [0, 0.1) is 0 Å². The van der Waals surface area contributed by atoms with Crippen molar-refractivity contribution in [2.45, 2.75) is 44.8 Å². The summed E-state index contributed by atoms with van der Waals surface area (Å²) in [7, 11) is 0. The topological polar surface area (TPSA) is 52.6 Å². The van der Waals surface area contributed by atoms with Crippen LogP contribution in [0.2, 0.25) is 0 Å². The average molecular weight is 498 g/mol. The van der Waals surface area contributed by atoms with Crippen LogP contribution in [-0.2, 0) is 6.42 Å². The number of nitrogens with one attached hydrogen (secondary N) is 2. The maximum Gasteiger partial charge on any atom is 0.191 e. The Hall–Kier alpha value is -0.220. The van der Waals surface area contributed by atoms with Crippen LogP contribution >= 0.6 is 47.1 Å². The van der Waals surface area contributed by atoms with Gasteiger partial charge in [0.1, 0.15) is 0 Å². The van der Waals surface area contributed by atoms with Gasteiger partial charge in [-0.1, -0.05) is 0 Å². The fraction of sp³-hybridized carbons (Fsp3) is 0.765. The first-order chi connectivity index (χ1) is 11.5. The third kappa shape index (κ3) is 7.90. The molecule has 25 heavy (non-hydrogen) atoms. The maximum atomic E-state index is 4.77. The molecular formula is C17H32IN5S2. The lowest BCUT2D eigenvalue weighted by atomic mass is 10.2. The van der Waals surface area contributed by atoms with Crippen LogP contribution in [0.15, 0.2) is 10.4 Å². The van der Waals surface area contributed by atoms with Gasteiger partial charge >= 0.3 is 0 Å². The predicted octanol–water partition coefficient (Wildman–Crippen LogP) is 3.60. The lowest BCUT2D eigenvalue weighted by molar-refractivity contribution is 0.709. The predicted molar refractivity (Wildman–Crippen MR) is 124 cm³/mol. The molecule has 0 saturated carbocycles. The van der Waals surface area contributed by atoms with Crippen LogP contribution < -0.4 is 15.5 Å². The minimum atomic E-state index is 0. The van der Waals surface area contributed by atoms with E-state index in [4.69, 9.17) is 9.98 Å². The zero-order valence-electron chi connectivity index (χ0n) is 15.8. The van der Waals surface area contributed by atoms with Gasteiger partial charge < -0.3 is 15.5 Å². The van der Waals surface area contributed by atoms with Crippen molar-refractivity contribution in [3.63, 3.8) is 0 Å². The molecule has 0 bridgehead atoms. The normalized spacial score (nSPS) is 15.2. The van der Waals surface area contributed by atoms with Crippen molar-refractivity contribution in [3.8, 4) is 0 Å². The largest absolute Gasteiger partial charge is 0.357 e. The third-order valence-corrected chi connectivity index (χ3v) is 6.29. The van der Waals surface area contributed by atoms with Gasteiger partial charge in [0.25, 0.3) is 0 Å². The maximum absolute atomic E-state index is 4.77. The number of hydrogen-bond donors (Lipinski definition) is 2. The number of aromatic nitrogens is 1. The number of aliphatic imine (C=N–C) groups is 1. The van der Waals surface area contributed by atoms with Crippen LogP contribution in [0.25, 0.3) is 0 Å². The second-order valence-corrected chi connectivity index (χ2v) is 9.00. The van der Waals surface area contributed by atoms with Crippen LogP contribution in [-0.4, -0.2) is 54.7 Å². The van der Waals surface area contributed by atoms with Crippen LogP contribution in [0.1, 0.15) is 39.3 Å². The van der Waals surface area contributed by atoms with Crippen LogP contribution in [0.5, 0.6) is 0 Å². The molecule has 2 heterocycles. The SMILES string of the molecule is CCNC(=NCC(C)(C)SC)NCCc1csc(N2CCCC2)n1.I. The van der Waals surface area contributed by atoms with Gasteiger partial charge in [-0.15, -0.1) is 35.3 Å². The summed E-state index contributed by atoms with van der Waals surface area (Å²) < 4.78 is 0.169. The fourth-order valence-electron chi connectivity index (χ4n) is 2.45. The molecule has 2 N–H and O–H groups in total. The lowest BCUT2D eigenvalue weighted by Gasteiger charge is -2.20. The molecule has 0 atom stereocenters. The quantitative estimate of drug-likeness (QED) is 0.327. The first-order valence-electron chi connectivity index (χ1n) is 8.81. The zero-order valence-corrected chi connectivity index (χ0v) is 19.8. The molecule has 0 aromatic carbocycles. The number of rotatable bonds is 8. The summed E-state index contributed by atoms with van der Waals surface area (Å²) in [6.45, 7) is 11.4. The number of thiazole rings is 1. The smallest absolute Gasteiger partial charge is 0.191 e. The Morgan fingerprint density at radius 1 is 1.36 bits per heavy atom. The van der Waals surface area contributed by atoms with Crippen LogP contribution in [0.4, 0.5) is 5.13 Å². The molecule has 1 aliphatic rings. The highest BCUT2D eigenvalue weighted by molar-refractivity contribution is 14.0. The van der Waals surface area contributed by atoms with Crippen molar-refractivity contribution in [2.75, 3.05) is 43.9 Å². The van der Waals surface area contributed by atoms with E-state index in [-0.39, 0.29) is 28.7 Å². The van der Waals surface area contributed by atoms with Crippen molar-refractivity contribution in [3.05, 3.63) is 11.1 Å². The molecule has 0 amide bonds. The highest BCUT2D eigenvalue weighted by atomic mass is 127. The second kappa shape index (κ2) is 11.5. The molecule has 0 aliphatic carbocycles. The van der Waals surface area contributed by atoms with Crippen molar-refractivity contribution < 1.29 is 0 Å². The molecular weight excluding hydrogens is 465 g/mol. The van der Waals surface area contributed by atoms with E-state index in [1.165, 1.54) is 23.7 Å². The van der Waals surface area contributed by atoms with E-state index in [0.29, 0.717) is 0 Å². The molecule has 144 valence electrons. The molecule has 5 nitrogen and oxygen atoms in total. The average Bonchev–Trinajstić information content (AvgIpc) is 3.24. The lowest BCUT2D eigenvalue weighted by Crippen LogP contribution is -2.39. The van der Waals surface area contributed by atoms with E-state index >= 15 is 0 Å². The molecule has 1 aromatic heterocycles. The number of nitrogens with zero attached hydrogens (tertiary/aromatic N) is 3. The Bertz CT molecular complexity index is 527.